The van der Waals surface area contributed by atoms with E-state index in [0.717, 1.165) is 0 Å². The summed E-state index contributed by atoms with van der Waals surface area (Å²) >= 11 is 0. The summed E-state index contributed by atoms with van der Waals surface area (Å²) in [4.78, 5) is 0. The average molecular weight is 316 g/mol. The highest BCUT2D eigenvalue weighted by molar-refractivity contribution is 5.13. The third-order valence-corrected chi connectivity index (χ3v) is 3.13. The first-order valence-electron chi connectivity index (χ1n) is 7.84. The van der Waals surface area contributed by atoms with Crippen LogP contribution in [0, 0.1) is 0 Å². The molecule has 0 radical (unpaired) electrons. The van der Waals surface area contributed by atoms with E-state index in [4.69, 9.17) is 18.9 Å². The highest BCUT2D eigenvalue weighted by Crippen LogP contribution is 2.01. The second-order valence-corrected chi connectivity index (χ2v) is 5.01. The van der Waals surface area contributed by atoms with Crippen LogP contribution in [0.5, 0.6) is 0 Å². The molecule has 0 aliphatic heterocycles. The van der Waals surface area contributed by atoms with Gasteiger partial charge in [0.1, 0.15) is 6.79 Å². The predicted octanol–water partition coefficient (Wildman–Crippen LogP) is 3.41. The van der Waals surface area contributed by atoms with Crippen LogP contribution in [-0.4, -0.2) is 33.2 Å². The standard InChI is InChI=1S/C19H24O4/c1-3-7-18(8-4-1)15-20-11-13-22-17-23-14-12-21-16-19-9-5-2-6-10-19/h1-10H,11-17H2. The molecule has 0 saturated heterocycles. The molecule has 0 unspecified atom stereocenters. The van der Waals surface area contributed by atoms with Crippen molar-refractivity contribution in [1.82, 2.24) is 0 Å². The summed E-state index contributed by atoms with van der Waals surface area (Å²) in [5.41, 5.74) is 2.33. The van der Waals surface area contributed by atoms with Crippen molar-refractivity contribution in [3.8, 4) is 0 Å². The molecular formula is C19H24O4. The highest BCUT2D eigenvalue weighted by Gasteiger charge is 1.94. The van der Waals surface area contributed by atoms with Gasteiger partial charge in [0.25, 0.3) is 0 Å². The minimum atomic E-state index is 0.267. The number of benzene rings is 2. The van der Waals surface area contributed by atoms with Crippen LogP contribution in [0.4, 0.5) is 0 Å². The van der Waals surface area contributed by atoms with E-state index in [9.17, 15) is 0 Å². The van der Waals surface area contributed by atoms with Gasteiger partial charge in [-0.25, -0.2) is 0 Å². The lowest BCUT2D eigenvalue weighted by Gasteiger charge is -2.07. The van der Waals surface area contributed by atoms with Gasteiger partial charge in [-0.3, -0.25) is 0 Å². The predicted molar refractivity (Wildman–Crippen MR) is 89.0 cm³/mol. The van der Waals surface area contributed by atoms with E-state index in [1.807, 2.05) is 60.7 Å². The van der Waals surface area contributed by atoms with Gasteiger partial charge in [-0.05, 0) is 11.1 Å². The Bertz CT molecular complexity index is 454. The molecule has 4 heteroatoms. The lowest BCUT2D eigenvalue weighted by Crippen LogP contribution is -2.10. The molecule has 0 saturated carbocycles. The summed E-state index contributed by atoms with van der Waals surface area (Å²) < 4.78 is 21.7. The Kier molecular flexibility index (Phi) is 9.04. The number of hydrogen-bond acceptors (Lipinski definition) is 4. The summed E-state index contributed by atoms with van der Waals surface area (Å²) in [6, 6.07) is 20.2. The molecule has 0 fully saturated rings. The smallest absolute Gasteiger partial charge is 0.146 e. The normalized spacial score (nSPS) is 10.8. The molecule has 4 nitrogen and oxygen atoms in total. The van der Waals surface area contributed by atoms with Crippen molar-refractivity contribution in [1.29, 1.82) is 0 Å². The monoisotopic (exact) mass is 316 g/mol. The summed E-state index contributed by atoms with van der Waals surface area (Å²) in [5.74, 6) is 0. The minimum absolute atomic E-state index is 0.267. The molecule has 0 N–H and O–H groups in total. The van der Waals surface area contributed by atoms with Gasteiger partial charge in [0, 0.05) is 0 Å². The Hall–Kier alpha value is -1.72. The zero-order valence-electron chi connectivity index (χ0n) is 13.4. The molecule has 0 heterocycles. The fourth-order valence-corrected chi connectivity index (χ4v) is 1.94. The van der Waals surface area contributed by atoms with Crippen molar-refractivity contribution < 1.29 is 18.9 Å². The number of ether oxygens (including phenoxy) is 4. The van der Waals surface area contributed by atoms with Crippen molar-refractivity contribution in [3.63, 3.8) is 0 Å². The maximum Gasteiger partial charge on any atom is 0.146 e. The van der Waals surface area contributed by atoms with E-state index in [1.54, 1.807) is 0 Å². The van der Waals surface area contributed by atoms with E-state index in [2.05, 4.69) is 0 Å². The molecule has 0 aliphatic carbocycles. The maximum absolute atomic E-state index is 5.51. The first kappa shape index (κ1) is 17.6. The average Bonchev–Trinajstić information content (AvgIpc) is 2.61. The largest absolute Gasteiger partial charge is 0.374 e. The fourth-order valence-electron chi connectivity index (χ4n) is 1.94. The van der Waals surface area contributed by atoms with Crippen LogP contribution in [0.15, 0.2) is 60.7 Å². The molecule has 23 heavy (non-hydrogen) atoms. The molecule has 0 bridgehead atoms. The van der Waals surface area contributed by atoms with Crippen LogP contribution < -0.4 is 0 Å². The van der Waals surface area contributed by atoms with Crippen LogP contribution in [0.2, 0.25) is 0 Å². The molecule has 0 aliphatic rings. The second kappa shape index (κ2) is 11.8. The molecule has 0 spiro atoms. The number of rotatable bonds is 12. The minimum Gasteiger partial charge on any atom is -0.374 e. The van der Waals surface area contributed by atoms with Crippen LogP contribution in [0.1, 0.15) is 11.1 Å². The van der Waals surface area contributed by atoms with E-state index < -0.39 is 0 Å². The molecule has 2 aromatic carbocycles. The third-order valence-electron chi connectivity index (χ3n) is 3.13. The van der Waals surface area contributed by atoms with Gasteiger partial charge in [0.15, 0.2) is 0 Å². The molecule has 0 aromatic heterocycles. The van der Waals surface area contributed by atoms with Crippen molar-refractivity contribution in [3.05, 3.63) is 71.8 Å². The van der Waals surface area contributed by atoms with Gasteiger partial charge >= 0.3 is 0 Å². The molecular weight excluding hydrogens is 292 g/mol. The van der Waals surface area contributed by atoms with Crippen molar-refractivity contribution in [2.75, 3.05) is 33.2 Å². The molecule has 0 amide bonds. The lowest BCUT2D eigenvalue weighted by atomic mass is 10.2. The maximum atomic E-state index is 5.51. The summed E-state index contributed by atoms with van der Waals surface area (Å²) in [6.07, 6.45) is 0. The van der Waals surface area contributed by atoms with Crippen LogP contribution >= 0.6 is 0 Å². The molecule has 2 rings (SSSR count). The van der Waals surface area contributed by atoms with Crippen molar-refractivity contribution in [2.24, 2.45) is 0 Å². The van der Waals surface area contributed by atoms with E-state index >= 15 is 0 Å². The van der Waals surface area contributed by atoms with Gasteiger partial charge < -0.3 is 18.9 Å². The number of hydrogen-bond donors (Lipinski definition) is 0. The van der Waals surface area contributed by atoms with E-state index in [-0.39, 0.29) is 6.79 Å². The van der Waals surface area contributed by atoms with Gasteiger partial charge in [0.2, 0.25) is 0 Å². The van der Waals surface area contributed by atoms with Crippen molar-refractivity contribution in [2.45, 2.75) is 13.2 Å². The molecule has 124 valence electrons. The highest BCUT2D eigenvalue weighted by atomic mass is 16.7. The van der Waals surface area contributed by atoms with Gasteiger partial charge in [-0.15, -0.1) is 0 Å². The summed E-state index contributed by atoms with van der Waals surface area (Å²) in [7, 11) is 0. The topological polar surface area (TPSA) is 36.9 Å². The first-order valence-corrected chi connectivity index (χ1v) is 7.84. The Morgan fingerprint density at radius 1 is 0.478 bits per heavy atom. The second-order valence-electron chi connectivity index (χ2n) is 5.01. The van der Waals surface area contributed by atoms with Crippen LogP contribution in [0.3, 0.4) is 0 Å². The quantitative estimate of drug-likeness (QED) is 0.444. The van der Waals surface area contributed by atoms with Gasteiger partial charge in [-0.1, -0.05) is 60.7 Å². The Labute approximate surface area is 137 Å². The zero-order valence-corrected chi connectivity index (χ0v) is 13.4. The summed E-state index contributed by atoms with van der Waals surface area (Å²) in [6.45, 7) is 3.65. The van der Waals surface area contributed by atoms with Gasteiger partial charge in [0.05, 0.1) is 39.6 Å². The zero-order chi connectivity index (χ0) is 16.0. The van der Waals surface area contributed by atoms with E-state index in [1.165, 1.54) is 11.1 Å². The SMILES string of the molecule is c1ccc(COCCOCOCCOCc2ccccc2)cc1. The Morgan fingerprint density at radius 3 is 1.30 bits per heavy atom. The van der Waals surface area contributed by atoms with E-state index in [0.29, 0.717) is 39.6 Å². The fraction of sp³-hybridized carbons (Fsp3) is 0.368. The third kappa shape index (κ3) is 8.47. The first-order chi connectivity index (χ1) is 11.4. The lowest BCUT2D eigenvalue weighted by molar-refractivity contribution is -0.0836. The Balaban J connectivity index is 1.34. The van der Waals surface area contributed by atoms with Gasteiger partial charge in [-0.2, -0.15) is 0 Å². The van der Waals surface area contributed by atoms with Crippen LogP contribution in [0.25, 0.3) is 0 Å². The van der Waals surface area contributed by atoms with Crippen molar-refractivity contribution >= 4 is 0 Å². The Morgan fingerprint density at radius 2 is 0.870 bits per heavy atom. The molecule has 2 aromatic rings. The molecule has 0 atom stereocenters. The van der Waals surface area contributed by atoms with Crippen LogP contribution in [-0.2, 0) is 32.2 Å². The summed E-state index contributed by atoms with van der Waals surface area (Å²) in [5, 5.41) is 0.